The van der Waals surface area contributed by atoms with E-state index in [2.05, 4.69) is 4.99 Å². The van der Waals surface area contributed by atoms with Gasteiger partial charge in [0.2, 0.25) is 0 Å². The van der Waals surface area contributed by atoms with Gasteiger partial charge < -0.3 is 19.3 Å². The maximum atomic E-state index is 12.5. The molecule has 6 nitrogen and oxygen atoms in total. The van der Waals surface area contributed by atoms with Gasteiger partial charge in [-0.1, -0.05) is 23.4 Å². The molecule has 0 radical (unpaired) electrons. The molecule has 3 rings (SSSR count). The Kier molecular flexibility index (Phi) is 7.07. The van der Waals surface area contributed by atoms with Crippen LogP contribution in [0.3, 0.4) is 0 Å². The molecule has 0 amide bonds. The molecule has 8 heteroatoms. The summed E-state index contributed by atoms with van der Waals surface area (Å²) in [7, 11) is 3.12. The smallest absolute Gasteiger partial charge is 0.344 e. The molecule has 1 aliphatic heterocycles. The molecule has 0 spiro atoms. The highest BCUT2D eigenvalue weighted by molar-refractivity contribution is 8.18. The molecule has 156 valence electrons. The first-order valence-corrected chi connectivity index (χ1v) is 10.2. The number of halogens is 1. The Bertz CT molecular complexity index is 1040. The minimum absolute atomic E-state index is 0.0184. The average molecular weight is 446 g/mol. The number of esters is 1. The normalized spacial score (nSPS) is 16.3. The van der Waals surface area contributed by atoms with E-state index < -0.39 is 5.97 Å². The molecule has 30 heavy (non-hydrogen) atoms. The Hall–Kier alpha value is -2.90. The fourth-order valence-corrected chi connectivity index (χ4v) is 3.87. The van der Waals surface area contributed by atoms with Crippen molar-refractivity contribution in [3.05, 3.63) is 69.3 Å². The number of methoxy groups -OCH3 is 2. The average Bonchev–Trinajstić information content (AvgIpc) is 3.04. The fraction of sp³-hybridized carbons (Fsp3) is 0.182. The molecule has 1 aliphatic rings. The number of aliphatic hydroxyl groups is 1. The topological polar surface area (TPSA) is 77.4 Å². The molecular formula is C22H20ClNO5S. The van der Waals surface area contributed by atoms with Crippen LogP contribution in [0.15, 0.2) is 63.7 Å². The second kappa shape index (κ2) is 9.73. The van der Waals surface area contributed by atoms with Crippen molar-refractivity contribution in [2.45, 2.75) is 6.92 Å². The number of hydrogen-bond acceptors (Lipinski definition) is 7. The summed E-state index contributed by atoms with van der Waals surface area (Å²) in [6, 6.07) is 12.2. The SMILES string of the molecule is CCOC(=O)C1=C(O)/C(=C/c2cc(OC)ccc2OC)SC1=Nc1ccc(Cl)cc1. The van der Waals surface area contributed by atoms with Crippen molar-refractivity contribution < 1.29 is 24.1 Å². The van der Waals surface area contributed by atoms with Crippen LogP contribution in [0.2, 0.25) is 5.02 Å². The first kappa shape index (κ1) is 21.8. The van der Waals surface area contributed by atoms with Gasteiger partial charge in [-0.2, -0.15) is 0 Å². The van der Waals surface area contributed by atoms with Gasteiger partial charge in [-0.05, 0) is 55.5 Å². The minimum Gasteiger partial charge on any atom is -0.506 e. The van der Waals surface area contributed by atoms with Gasteiger partial charge >= 0.3 is 5.97 Å². The predicted molar refractivity (Wildman–Crippen MR) is 120 cm³/mol. The number of aliphatic hydroxyl groups excluding tert-OH is 1. The Balaban J connectivity index is 2.08. The van der Waals surface area contributed by atoms with Gasteiger partial charge in [0.1, 0.15) is 27.9 Å². The fourth-order valence-electron chi connectivity index (χ4n) is 2.72. The number of carbonyl (C=O) groups excluding carboxylic acids is 1. The van der Waals surface area contributed by atoms with Crippen molar-refractivity contribution >= 4 is 46.1 Å². The van der Waals surface area contributed by atoms with Gasteiger partial charge in [0.05, 0.1) is 31.4 Å². The lowest BCUT2D eigenvalue weighted by Crippen LogP contribution is -2.12. The molecule has 0 unspecified atom stereocenters. The van der Waals surface area contributed by atoms with E-state index in [-0.39, 0.29) is 17.9 Å². The highest BCUT2D eigenvalue weighted by Crippen LogP contribution is 2.41. The molecule has 2 aromatic rings. The summed E-state index contributed by atoms with van der Waals surface area (Å²) in [5, 5.41) is 11.7. The minimum atomic E-state index is -0.642. The number of benzene rings is 2. The Labute approximate surface area is 183 Å². The number of rotatable bonds is 6. The second-order valence-corrected chi connectivity index (χ2v) is 7.52. The van der Waals surface area contributed by atoms with Gasteiger partial charge in [-0.25, -0.2) is 9.79 Å². The third-order valence-corrected chi connectivity index (χ3v) is 5.42. The Morgan fingerprint density at radius 2 is 1.90 bits per heavy atom. The van der Waals surface area contributed by atoms with Crippen LogP contribution in [-0.2, 0) is 9.53 Å². The molecule has 0 atom stereocenters. The second-order valence-electron chi connectivity index (χ2n) is 6.06. The van der Waals surface area contributed by atoms with Crippen molar-refractivity contribution in [3.8, 4) is 11.5 Å². The van der Waals surface area contributed by atoms with Gasteiger partial charge in [0, 0.05) is 10.6 Å². The maximum Gasteiger partial charge on any atom is 0.344 e. The number of hydrogen-bond donors (Lipinski definition) is 1. The van der Waals surface area contributed by atoms with Crippen LogP contribution in [0, 0.1) is 0 Å². The van der Waals surface area contributed by atoms with Gasteiger partial charge in [0.25, 0.3) is 0 Å². The number of thioether (sulfide) groups is 1. The van der Waals surface area contributed by atoms with Gasteiger partial charge in [-0.3, -0.25) is 0 Å². The molecule has 2 aromatic carbocycles. The predicted octanol–water partition coefficient (Wildman–Crippen LogP) is 5.55. The van der Waals surface area contributed by atoms with Crippen molar-refractivity contribution in [2.24, 2.45) is 4.99 Å². The van der Waals surface area contributed by atoms with Crippen molar-refractivity contribution in [3.63, 3.8) is 0 Å². The van der Waals surface area contributed by atoms with E-state index in [1.807, 2.05) is 0 Å². The summed E-state index contributed by atoms with van der Waals surface area (Å²) in [5.41, 5.74) is 1.29. The molecule has 0 aliphatic carbocycles. The largest absolute Gasteiger partial charge is 0.506 e. The van der Waals surface area contributed by atoms with E-state index in [0.29, 0.717) is 37.7 Å². The van der Waals surface area contributed by atoms with Crippen molar-refractivity contribution in [2.75, 3.05) is 20.8 Å². The molecule has 0 fully saturated rings. The highest BCUT2D eigenvalue weighted by Gasteiger charge is 2.33. The Morgan fingerprint density at radius 1 is 1.17 bits per heavy atom. The third-order valence-electron chi connectivity index (χ3n) is 4.15. The molecule has 0 saturated carbocycles. The van der Waals surface area contributed by atoms with Crippen LogP contribution in [0.25, 0.3) is 6.08 Å². The zero-order valence-corrected chi connectivity index (χ0v) is 18.2. The number of carbonyl (C=O) groups is 1. The lowest BCUT2D eigenvalue weighted by Gasteiger charge is -2.08. The third kappa shape index (κ3) is 4.80. The van der Waals surface area contributed by atoms with E-state index in [1.54, 1.807) is 69.7 Å². The van der Waals surface area contributed by atoms with E-state index in [4.69, 9.17) is 25.8 Å². The lowest BCUT2D eigenvalue weighted by molar-refractivity contribution is -0.138. The standard InChI is InChI=1S/C22H20ClNO5S/c1-4-29-22(26)19-20(25)18(12-13-11-16(27-2)9-10-17(13)28-3)30-21(19)24-15-7-5-14(23)6-8-15/h5-12,25H,4H2,1-3H3/b18-12-,24-21?. The molecule has 0 bridgehead atoms. The van der Waals surface area contributed by atoms with Crippen LogP contribution in [0.5, 0.6) is 11.5 Å². The molecule has 0 aromatic heterocycles. The van der Waals surface area contributed by atoms with Crippen molar-refractivity contribution in [1.82, 2.24) is 0 Å². The van der Waals surface area contributed by atoms with Crippen molar-refractivity contribution in [1.29, 1.82) is 0 Å². The molecule has 1 heterocycles. The summed E-state index contributed by atoms with van der Waals surface area (Å²) < 4.78 is 15.8. The summed E-state index contributed by atoms with van der Waals surface area (Å²) in [6.45, 7) is 1.88. The zero-order valence-electron chi connectivity index (χ0n) is 16.6. The summed E-state index contributed by atoms with van der Waals surface area (Å²) >= 11 is 7.09. The number of nitrogens with zero attached hydrogens (tertiary/aromatic N) is 1. The monoisotopic (exact) mass is 445 g/mol. The van der Waals surface area contributed by atoms with E-state index >= 15 is 0 Å². The lowest BCUT2D eigenvalue weighted by atomic mass is 10.1. The van der Waals surface area contributed by atoms with Crippen LogP contribution >= 0.6 is 23.4 Å². The van der Waals surface area contributed by atoms with Crippen LogP contribution in [0.1, 0.15) is 12.5 Å². The Morgan fingerprint density at radius 3 is 2.53 bits per heavy atom. The van der Waals surface area contributed by atoms with E-state index in [1.165, 1.54) is 0 Å². The summed E-state index contributed by atoms with van der Waals surface area (Å²) in [4.78, 5) is 17.5. The number of aliphatic imine (C=N–C) groups is 1. The summed E-state index contributed by atoms with van der Waals surface area (Å²) in [6.07, 6.45) is 1.71. The van der Waals surface area contributed by atoms with Gasteiger partial charge in [-0.15, -0.1) is 0 Å². The first-order chi connectivity index (χ1) is 14.5. The van der Waals surface area contributed by atoms with Crippen LogP contribution < -0.4 is 9.47 Å². The highest BCUT2D eigenvalue weighted by atomic mass is 35.5. The molecule has 1 N–H and O–H groups in total. The van der Waals surface area contributed by atoms with Gasteiger partial charge in [0.15, 0.2) is 0 Å². The molecular weight excluding hydrogens is 426 g/mol. The van der Waals surface area contributed by atoms with E-state index in [0.717, 1.165) is 11.8 Å². The zero-order chi connectivity index (χ0) is 21.7. The van der Waals surface area contributed by atoms with E-state index in [9.17, 15) is 9.90 Å². The van der Waals surface area contributed by atoms with Crippen LogP contribution in [-0.4, -0.2) is 36.9 Å². The van der Waals surface area contributed by atoms with Crippen LogP contribution in [0.4, 0.5) is 5.69 Å². The maximum absolute atomic E-state index is 12.5. The number of ether oxygens (including phenoxy) is 3. The summed E-state index contributed by atoms with van der Waals surface area (Å²) in [5.74, 6) is 0.388. The first-order valence-electron chi connectivity index (χ1n) is 9.03. The molecule has 0 saturated heterocycles. The quantitative estimate of drug-likeness (QED) is 0.587.